The largest absolute Gasteiger partial charge is 0.352 e. The van der Waals surface area contributed by atoms with Gasteiger partial charge in [-0.15, -0.1) is 0 Å². The van der Waals surface area contributed by atoms with Gasteiger partial charge in [0, 0.05) is 39.0 Å². The average molecular weight is 421 g/mol. The Morgan fingerprint density at radius 2 is 1.79 bits per heavy atom. The van der Waals surface area contributed by atoms with Crippen LogP contribution in [0.5, 0.6) is 0 Å². The number of anilines is 1. The molecule has 0 aliphatic carbocycles. The predicted octanol–water partition coefficient (Wildman–Crippen LogP) is 2.19. The molecule has 0 bridgehead atoms. The molecule has 2 rings (SSSR count). The van der Waals surface area contributed by atoms with E-state index in [9.17, 15) is 17.6 Å². The summed E-state index contributed by atoms with van der Waals surface area (Å²) in [6, 6.07) is 11.4. The zero-order chi connectivity index (χ0) is 21.4. The first-order valence-corrected chi connectivity index (χ1v) is 11.0. The fourth-order valence-corrected chi connectivity index (χ4v) is 3.58. The van der Waals surface area contributed by atoms with Gasteiger partial charge in [-0.1, -0.05) is 18.2 Å². The molecule has 2 aromatic carbocycles. The minimum absolute atomic E-state index is 0.146. The Morgan fingerprint density at radius 1 is 1.07 bits per heavy atom. The van der Waals surface area contributed by atoms with E-state index in [1.54, 1.807) is 13.1 Å². The van der Waals surface area contributed by atoms with Crippen LogP contribution in [0.2, 0.25) is 0 Å². The van der Waals surface area contributed by atoms with Gasteiger partial charge in [0.15, 0.2) is 15.8 Å². The van der Waals surface area contributed by atoms with Crippen LogP contribution in [0, 0.1) is 5.82 Å². The molecule has 2 aromatic rings. The number of nitrogens with one attached hydrogen (secondary N) is 3. The fraction of sp³-hybridized carbons (Fsp3) is 0.300. The number of rotatable bonds is 7. The number of guanidine groups is 1. The smallest absolute Gasteiger partial charge is 0.221 e. The van der Waals surface area contributed by atoms with Crippen molar-refractivity contribution in [3.8, 4) is 0 Å². The summed E-state index contributed by atoms with van der Waals surface area (Å²) in [7, 11) is -1.64. The highest BCUT2D eigenvalue weighted by Gasteiger charge is 2.11. The summed E-state index contributed by atoms with van der Waals surface area (Å²) in [6.07, 6.45) is 1.14. The molecule has 0 saturated heterocycles. The molecule has 0 aromatic heterocycles. The average Bonchev–Trinajstić information content (AvgIpc) is 2.62. The van der Waals surface area contributed by atoms with E-state index in [-0.39, 0.29) is 18.2 Å². The van der Waals surface area contributed by atoms with Gasteiger partial charge in [0.2, 0.25) is 5.91 Å². The van der Waals surface area contributed by atoms with Crippen LogP contribution in [0.3, 0.4) is 0 Å². The third kappa shape index (κ3) is 7.90. The number of hydrogen-bond acceptors (Lipinski definition) is 4. The van der Waals surface area contributed by atoms with Crippen molar-refractivity contribution >= 4 is 27.4 Å². The molecule has 0 radical (unpaired) electrons. The van der Waals surface area contributed by atoms with Gasteiger partial charge in [-0.3, -0.25) is 9.79 Å². The summed E-state index contributed by atoms with van der Waals surface area (Å²) < 4.78 is 36.8. The van der Waals surface area contributed by atoms with E-state index in [1.165, 1.54) is 25.1 Å². The molecule has 0 aliphatic rings. The molecular formula is C20H25FN4O3S. The SMILES string of the molecule is CN=C(NCc1cccc(NC(C)=O)c1)NCc1cc(F)ccc1CS(C)(=O)=O. The van der Waals surface area contributed by atoms with Gasteiger partial charge in [-0.05, 0) is 41.0 Å². The van der Waals surface area contributed by atoms with Crippen LogP contribution in [-0.2, 0) is 33.5 Å². The second-order valence-electron chi connectivity index (χ2n) is 6.64. The van der Waals surface area contributed by atoms with Crippen molar-refractivity contribution < 1.29 is 17.6 Å². The maximum Gasteiger partial charge on any atom is 0.221 e. The third-order valence-corrected chi connectivity index (χ3v) is 4.80. The predicted molar refractivity (Wildman–Crippen MR) is 113 cm³/mol. The number of sulfone groups is 1. The quantitative estimate of drug-likeness (QED) is 0.471. The Balaban J connectivity index is 2.01. The summed E-state index contributed by atoms with van der Waals surface area (Å²) >= 11 is 0. The monoisotopic (exact) mass is 420 g/mol. The summed E-state index contributed by atoms with van der Waals surface area (Å²) in [5.41, 5.74) is 2.72. The maximum absolute atomic E-state index is 13.6. The summed E-state index contributed by atoms with van der Waals surface area (Å²) in [5, 5.41) is 8.92. The van der Waals surface area contributed by atoms with Crippen molar-refractivity contribution in [2.45, 2.75) is 25.8 Å². The van der Waals surface area contributed by atoms with Crippen LogP contribution in [-0.4, -0.2) is 33.6 Å². The van der Waals surface area contributed by atoms with Crippen LogP contribution in [0.15, 0.2) is 47.5 Å². The minimum atomic E-state index is -3.24. The molecule has 29 heavy (non-hydrogen) atoms. The van der Waals surface area contributed by atoms with Gasteiger partial charge >= 0.3 is 0 Å². The van der Waals surface area contributed by atoms with Crippen LogP contribution < -0.4 is 16.0 Å². The minimum Gasteiger partial charge on any atom is -0.352 e. The van der Waals surface area contributed by atoms with Crippen molar-refractivity contribution in [2.24, 2.45) is 4.99 Å². The van der Waals surface area contributed by atoms with Gasteiger partial charge in [0.1, 0.15) is 5.82 Å². The summed E-state index contributed by atoms with van der Waals surface area (Å²) in [5.74, 6) is -0.263. The van der Waals surface area contributed by atoms with Crippen LogP contribution in [0.1, 0.15) is 23.6 Å². The lowest BCUT2D eigenvalue weighted by molar-refractivity contribution is -0.114. The molecule has 9 heteroatoms. The zero-order valence-corrected chi connectivity index (χ0v) is 17.4. The molecular weight excluding hydrogens is 395 g/mol. The highest BCUT2D eigenvalue weighted by Crippen LogP contribution is 2.14. The number of carbonyl (C=O) groups is 1. The molecule has 0 saturated carbocycles. The van der Waals surface area contributed by atoms with Crippen molar-refractivity contribution in [1.82, 2.24) is 10.6 Å². The number of hydrogen-bond donors (Lipinski definition) is 3. The van der Waals surface area contributed by atoms with Crippen molar-refractivity contribution in [2.75, 3.05) is 18.6 Å². The van der Waals surface area contributed by atoms with E-state index in [2.05, 4.69) is 20.9 Å². The van der Waals surface area contributed by atoms with Gasteiger partial charge in [0.25, 0.3) is 0 Å². The molecule has 0 fully saturated rings. The molecule has 0 aliphatic heterocycles. The Labute approximate surface area is 170 Å². The number of amides is 1. The lowest BCUT2D eigenvalue weighted by atomic mass is 10.1. The fourth-order valence-electron chi connectivity index (χ4n) is 2.73. The van der Waals surface area contributed by atoms with Gasteiger partial charge in [0.05, 0.1) is 5.75 Å². The molecule has 7 nitrogen and oxygen atoms in total. The van der Waals surface area contributed by atoms with E-state index >= 15 is 0 Å². The van der Waals surface area contributed by atoms with E-state index in [1.807, 2.05) is 18.2 Å². The lowest BCUT2D eigenvalue weighted by Gasteiger charge is -2.15. The summed E-state index contributed by atoms with van der Waals surface area (Å²) in [6.45, 7) is 2.11. The Bertz CT molecular complexity index is 1010. The standard InChI is InChI=1S/C20H25FN4O3S/c1-14(26)25-19-6-4-5-15(9-19)11-23-20(22-2)24-12-17-10-18(21)8-7-16(17)13-29(3,27)28/h4-10H,11-13H2,1-3H3,(H,25,26)(H2,22,23,24). The van der Waals surface area contributed by atoms with Gasteiger partial charge in [-0.25, -0.2) is 12.8 Å². The number of carbonyl (C=O) groups excluding carboxylic acids is 1. The normalized spacial score (nSPS) is 11.8. The van der Waals surface area contributed by atoms with Crippen molar-refractivity contribution in [3.63, 3.8) is 0 Å². The molecule has 0 unspecified atom stereocenters. The highest BCUT2D eigenvalue weighted by atomic mass is 32.2. The van der Waals surface area contributed by atoms with E-state index < -0.39 is 15.7 Å². The first-order valence-electron chi connectivity index (χ1n) is 8.92. The lowest BCUT2D eigenvalue weighted by Crippen LogP contribution is -2.36. The zero-order valence-electron chi connectivity index (χ0n) is 16.6. The van der Waals surface area contributed by atoms with Crippen LogP contribution >= 0.6 is 0 Å². The van der Waals surface area contributed by atoms with E-state index in [0.29, 0.717) is 29.3 Å². The summed E-state index contributed by atoms with van der Waals surface area (Å²) in [4.78, 5) is 15.3. The van der Waals surface area contributed by atoms with Gasteiger partial charge < -0.3 is 16.0 Å². The maximum atomic E-state index is 13.6. The van der Waals surface area contributed by atoms with E-state index in [4.69, 9.17) is 0 Å². The first-order chi connectivity index (χ1) is 13.7. The van der Waals surface area contributed by atoms with Crippen molar-refractivity contribution in [1.29, 1.82) is 0 Å². The molecule has 0 heterocycles. The molecule has 156 valence electrons. The molecule has 3 N–H and O–H groups in total. The number of halogens is 1. The van der Waals surface area contributed by atoms with Gasteiger partial charge in [-0.2, -0.15) is 0 Å². The number of nitrogens with zero attached hydrogens (tertiary/aromatic N) is 1. The van der Waals surface area contributed by atoms with E-state index in [0.717, 1.165) is 11.8 Å². The van der Waals surface area contributed by atoms with Crippen molar-refractivity contribution in [3.05, 3.63) is 65.0 Å². The Morgan fingerprint density at radius 3 is 2.45 bits per heavy atom. The second kappa shape index (κ2) is 10.0. The Kier molecular flexibility index (Phi) is 7.72. The molecule has 0 spiro atoms. The van der Waals surface area contributed by atoms with Crippen LogP contribution in [0.25, 0.3) is 0 Å². The first kappa shape index (κ1) is 22.4. The number of benzene rings is 2. The number of aliphatic imine (C=N–C) groups is 1. The third-order valence-electron chi connectivity index (χ3n) is 3.96. The second-order valence-corrected chi connectivity index (χ2v) is 8.78. The highest BCUT2D eigenvalue weighted by molar-refractivity contribution is 7.89. The molecule has 1 amide bonds. The Hall–Kier alpha value is -2.94. The molecule has 0 atom stereocenters. The topological polar surface area (TPSA) is 99.7 Å². The van der Waals surface area contributed by atoms with Crippen LogP contribution in [0.4, 0.5) is 10.1 Å².